The first-order chi connectivity index (χ1) is 15.1. The number of morpholine rings is 1. The van der Waals surface area contributed by atoms with Gasteiger partial charge in [0.1, 0.15) is 17.2 Å². The van der Waals surface area contributed by atoms with Gasteiger partial charge in [-0.3, -0.25) is 10.00 Å². The standard InChI is InChI=1S/C23H25ClN4O3/c24-19-11-17(21(29)12-22(19)30)23-18-14-27(5-4-20(18)25-26-23)13-15-2-1-3-16(10-15)28-6-8-31-9-7-28/h1-3,10-12,29-30H,4-9,13-14H2,(H,25,26). The van der Waals surface area contributed by atoms with Gasteiger partial charge in [-0.2, -0.15) is 5.10 Å². The fraction of sp³-hybridized carbons (Fsp3) is 0.348. The number of phenols is 2. The molecule has 0 radical (unpaired) electrons. The molecule has 31 heavy (non-hydrogen) atoms. The highest BCUT2D eigenvalue weighted by Gasteiger charge is 2.25. The van der Waals surface area contributed by atoms with Gasteiger partial charge in [0.2, 0.25) is 0 Å². The van der Waals surface area contributed by atoms with E-state index in [-0.39, 0.29) is 16.5 Å². The Morgan fingerprint density at radius 1 is 1.06 bits per heavy atom. The average molecular weight is 441 g/mol. The van der Waals surface area contributed by atoms with Crippen LogP contribution in [-0.2, 0) is 24.2 Å². The molecule has 1 saturated heterocycles. The minimum atomic E-state index is -0.144. The lowest BCUT2D eigenvalue weighted by molar-refractivity contribution is 0.122. The highest BCUT2D eigenvalue weighted by atomic mass is 35.5. The maximum Gasteiger partial charge on any atom is 0.137 e. The number of H-pyrrole nitrogens is 1. The summed E-state index contributed by atoms with van der Waals surface area (Å²) in [6, 6.07) is 11.5. The normalized spacial score (nSPS) is 17.0. The summed E-state index contributed by atoms with van der Waals surface area (Å²) in [5.74, 6) is -0.180. The van der Waals surface area contributed by atoms with Crippen molar-refractivity contribution >= 4 is 17.3 Å². The third-order valence-corrected chi connectivity index (χ3v) is 6.33. The molecule has 162 valence electrons. The Bertz CT molecular complexity index is 1090. The van der Waals surface area contributed by atoms with Crippen LogP contribution in [0.2, 0.25) is 5.02 Å². The van der Waals surface area contributed by atoms with Gasteiger partial charge in [0.15, 0.2) is 0 Å². The van der Waals surface area contributed by atoms with E-state index in [0.29, 0.717) is 11.3 Å². The number of aromatic hydroxyl groups is 2. The van der Waals surface area contributed by atoms with Crippen molar-refractivity contribution < 1.29 is 14.9 Å². The van der Waals surface area contributed by atoms with Crippen molar-refractivity contribution in [3.8, 4) is 22.8 Å². The third kappa shape index (κ3) is 4.08. The van der Waals surface area contributed by atoms with Crippen molar-refractivity contribution in [3.05, 3.63) is 58.2 Å². The van der Waals surface area contributed by atoms with Crippen LogP contribution in [0.25, 0.3) is 11.3 Å². The van der Waals surface area contributed by atoms with E-state index >= 15 is 0 Å². The lowest BCUT2D eigenvalue weighted by Crippen LogP contribution is -2.36. The Morgan fingerprint density at radius 3 is 2.74 bits per heavy atom. The van der Waals surface area contributed by atoms with Crippen LogP contribution < -0.4 is 4.90 Å². The van der Waals surface area contributed by atoms with Gasteiger partial charge in [-0.15, -0.1) is 0 Å². The van der Waals surface area contributed by atoms with E-state index < -0.39 is 0 Å². The molecule has 2 aromatic carbocycles. The number of phenolic OH excluding ortho intramolecular Hbond substituents is 2. The van der Waals surface area contributed by atoms with Crippen molar-refractivity contribution in [1.82, 2.24) is 15.1 Å². The Balaban J connectivity index is 1.36. The van der Waals surface area contributed by atoms with Gasteiger partial charge < -0.3 is 19.8 Å². The van der Waals surface area contributed by atoms with Crippen molar-refractivity contribution in [1.29, 1.82) is 0 Å². The summed E-state index contributed by atoms with van der Waals surface area (Å²) in [4.78, 5) is 4.76. The summed E-state index contributed by atoms with van der Waals surface area (Å²) in [6.45, 7) is 5.89. The second-order valence-corrected chi connectivity index (χ2v) is 8.49. The van der Waals surface area contributed by atoms with E-state index in [0.717, 1.165) is 63.6 Å². The fourth-order valence-electron chi connectivity index (χ4n) is 4.38. The average Bonchev–Trinajstić information content (AvgIpc) is 3.20. The number of hydrogen-bond acceptors (Lipinski definition) is 6. The molecule has 0 bridgehead atoms. The summed E-state index contributed by atoms with van der Waals surface area (Å²) in [5, 5.41) is 27.8. The van der Waals surface area contributed by atoms with E-state index in [9.17, 15) is 10.2 Å². The number of hydrogen-bond donors (Lipinski definition) is 3. The summed E-state index contributed by atoms with van der Waals surface area (Å²) < 4.78 is 5.47. The molecule has 0 amide bonds. The predicted octanol–water partition coefficient (Wildman–Crippen LogP) is 3.54. The minimum absolute atomic E-state index is 0.0356. The van der Waals surface area contributed by atoms with Gasteiger partial charge in [-0.05, 0) is 23.8 Å². The zero-order chi connectivity index (χ0) is 21.4. The van der Waals surface area contributed by atoms with E-state index in [1.165, 1.54) is 17.3 Å². The Kier molecular flexibility index (Phi) is 5.48. The highest BCUT2D eigenvalue weighted by Crippen LogP contribution is 2.39. The third-order valence-electron chi connectivity index (χ3n) is 6.03. The van der Waals surface area contributed by atoms with E-state index in [1.807, 2.05) is 0 Å². The van der Waals surface area contributed by atoms with Gasteiger partial charge >= 0.3 is 0 Å². The largest absolute Gasteiger partial charge is 0.507 e. The molecule has 8 heteroatoms. The summed E-state index contributed by atoms with van der Waals surface area (Å²) in [5.41, 5.74) is 5.86. The van der Waals surface area contributed by atoms with Crippen LogP contribution in [0.1, 0.15) is 16.8 Å². The Hall–Kier alpha value is -2.74. The highest BCUT2D eigenvalue weighted by molar-refractivity contribution is 6.32. The minimum Gasteiger partial charge on any atom is -0.507 e. The molecule has 3 heterocycles. The van der Waals surface area contributed by atoms with E-state index in [2.05, 4.69) is 44.3 Å². The van der Waals surface area contributed by atoms with Gasteiger partial charge in [0, 0.05) is 67.7 Å². The molecule has 5 rings (SSSR count). The van der Waals surface area contributed by atoms with E-state index in [4.69, 9.17) is 16.3 Å². The zero-order valence-electron chi connectivity index (χ0n) is 17.1. The summed E-state index contributed by atoms with van der Waals surface area (Å²) in [7, 11) is 0. The number of nitrogens with zero attached hydrogens (tertiary/aromatic N) is 3. The van der Waals surface area contributed by atoms with Crippen molar-refractivity contribution in [2.45, 2.75) is 19.5 Å². The molecule has 2 aliphatic heterocycles. The second kappa shape index (κ2) is 8.42. The number of aromatic amines is 1. The SMILES string of the molecule is Oc1cc(O)c(-c2n[nH]c3c2CN(Cc2cccc(N4CCOCC4)c2)CC3)cc1Cl. The molecular weight excluding hydrogens is 416 g/mol. The topological polar surface area (TPSA) is 84.8 Å². The first-order valence-corrected chi connectivity index (χ1v) is 10.9. The summed E-state index contributed by atoms with van der Waals surface area (Å²) >= 11 is 6.08. The molecule has 0 atom stereocenters. The second-order valence-electron chi connectivity index (χ2n) is 8.08. The maximum atomic E-state index is 10.3. The number of fused-ring (bicyclic) bond motifs is 1. The Morgan fingerprint density at radius 2 is 1.90 bits per heavy atom. The van der Waals surface area contributed by atoms with Gasteiger partial charge in [0.05, 0.1) is 18.2 Å². The molecule has 0 aliphatic carbocycles. The molecule has 0 spiro atoms. The van der Waals surface area contributed by atoms with Gasteiger partial charge in [-0.1, -0.05) is 23.7 Å². The number of halogens is 1. The fourth-order valence-corrected chi connectivity index (χ4v) is 4.54. The number of anilines is 1. The molecule has 3 aromatic rings. The van der Waals surface area contributed by atoms with Crippen molar-refractivity contribution in [2.75, 3.05) is 37.7 Å². The van der Waals surface area contributed by atoms with Crippen LogP contribution in [0.5, 0.6) is 11.5 Å². The molecule has 2 aliphatic rings. The molecule has 3 N–H and O–H groups in total. The van der Waals surface area contributed by atoms with Crippen LogP contribution in [0, 0.1) is 0 Å². The first kappa shape index (κ1) is 20.2. The van der Waals surface area contributed by atoms with Crippen LogP contribution in [0.4, 0.5) is 5.69 Å². The number of ether oxygens (including phenoxy) is 1. The molecule has 1 aromatic heterocycles. The quantitative estimate of drug-likeness (QED) is 0.575. The number of nitrogens with one attached hydrogen (secondary N) is 1. The predicted molar refractivity (Wildman–Crippen MR) is 120 cm³/mol. The van der Waals surface area contributed by atoms with Gasteiger partial charge in [0.25, 0.3) is 0 Å². The zero-order valence-corrected chi connectivity index (χ0v) is 17.9. The lowest BCUT2D eigenvalue weighted by Gasteiger charge is -2.30. The van der Waals surface area contributed by atoms with Gasteiger partial charge in [-0.25, -0.2) is 0 Å². The first-order valence-electron chi connectivity index (χ1n) is 10.5. The van der Waals surface area contributed by atoms with Crippen LogP contribution >= 0.6 is 11.6 Å². The van der Waals surface area contributed by atoms with E-state index in [1.54, 1.807) is 6.07 Å². The number of benzene rings is 2. The van der Waals surface area contributed by atoms with Crippen LogP contribution in [0.3, 0.4) is 0 Å². The van der Waals surface area contributed by atoms with Crippen molar-refractivity contribution in [3.63, 3.8) is 0 Å². The maximum absolute atomic E-state index is 10.3. The molecule has 7 nitrogen and oxygen atoms in total. The molecular formula is C23H25ClN4O3. The Labute approximate surface area is 185 Å². The smallest absolute Gasteiger partial charge is 0.137 e. The monoisotopic (exact) mass is 440 g/mol. The summed E-state index contributed by atoms with van der Waals surface area (Å²) in [6.07, 6.45) is 0.859. The molecule has 0 unspecified atom stereocenters. The molecule has 0 saturated carbocycles. The van der Waals surface area contributed by atoms with Crippen LogP contribution in [-0.4, -0.2) is 58.2 Å². The number of rotatable bonds is 4. The molecule has 1 fully saturated rings. The lowest BCUT2D eigenvalue weighted by atomic mass is 9.99. The van der Waals surface area contributed by atoms with Crippen LogP contribution in [0.15, 0.2) is 36.4 Å². The number of aromatic nitrogens is 2. The van der Waals surface area contributed by atoms with Crippen molar-refractivity contribution in [2.24, 2.45) is 0 Å².